The lowest BCUT2D eigenvalue weighted by molar-refractivity contribution is -0.128. The lowest BCUT2D eigenvalue weighted by Gasteiger charge is -2.39. The lowest BCUT2D eigenvalue weighted by Crippen LogP contribution is -2.54. The number of nitrogens with zero attached hydrogens (tertiary/aromatic N) is 4. The largest absolute Gasteiger partial charge is 0.415 e. The number of hydrogen-bond donors (Lipinski definition) is 5. The summed E-state index contributed by atoms with van der Waals surface area (Å²) >= 11 is 5.86. The molecule has 0 saturated carbocycles. The molecule has 3 heterocycles. The smallest absolute Gasteiger partial charge is 0.302 e. The topological polar surface area (TPSA) is 187 Å². The van der Waals surface area contributed by atoms with Crippen LogP contribution in [-0.4, -0.2) is 57.8 Å². The van der Waals surface area contributed by atoms with Gasteiger partial charge in [0, 0.05) is 19.6 Å². The molecule has 1 aromatic heterocycles. The lowest BCUT2D eigenvalue weighted by atomic mass is 9.87. The van der Waals surface area contributed by atoms with Crippen LogP contribution in [0.4, 0.5) is 16.0 Å². The summed E-state index contributed by atoms with van der Waals surface area (Å²) in [6.45, 7) is 6.88. The van der Waals surface area contributed by atoms with Gasteiger partial charge in [-0.2, -0.15) is 10.9 Å². The molecular weight excluding hydrogens is 517 g/mol. The molecule has 0 aliphatic carbocycles. The Kier molecular flexibility index (Phi) is 7.51. The van der Waals surface area contributed by atoms with Gasteiger partial charge in [0.2, 0.25) is 0 Å². The molecule has 4 rings (SSSR count). The molecule has 8 N–H and O–H groups in total. The van der Waals surface area contributed by atoms with Crippen molar-refractivity contribution in [2.75, 3.05) is 31.1 Å². The summed E-state index contributed by atoms with van der Waals surface area (Å²) in [5.41, 5.74) is 11.8. The summed E-state index contributed by atoms with van der Waals surface area (Å²) in [4.78, 5) is 44.3. The molecule has 0 radical (unpaired) electrons. The van der Waals surface area contributed by atoms with Crippen molar-refractivity contribution in [1.29, 1.82) is 0 Å². The number of carbonyl (C=O) groups is 2. The second-order valence-electron chi connectivity index (χ2n) is 8.98. The first-order valence-electron chi connectivity index (χ1n) is 11.6. The van der Waals surface area contributed by atoms with Gasteiger partial charge in [0.05, 0.1) is 11.1 Å². The average molecular weight is 544 g/mol. The van der Waals surface area contributed by atoms with Crippen LogP contribution in [0.2, 0.25) is 5.15 Å². The summed E-state index contributed by atoms with van der Waals surface area (Å²) in [7, 11) is 0. The summed E-state index contributed by atoms with van der Waals surface area (Å²) in [6.07, 6.45) is 1.13. The number of halogens is 2. The van der Waals surface area contributed by atoms with Gasteiger partial charge in [-0.05, 0) is 43.0 Å². The number of likely N-dealkylation sites (tertiary alicyclic amines) is 1. The van der Waals surface area contributed by atoms with E-state index in [-0.39, 0.29) is 45.7 Å². The van der Waals surface area contributed by atoms with Crippen LogP contribution in [0.3, 0.4) is 0 Å². The van der Waals surface area contributed by atoms with Crippen LogP contribution in [0.15, 0.2) is 47.2 Å². The number of aromatic nitrogens is 2. The molecule has 2 fully saturated rings. The van der Waals surface area contributed by atoms with E-state index in [2.05, 4.69) is 32.2 Å². The van der Waals surface area contributed by atoms with Crippen LogP contribution in [0.5, 0.6) is 0 Å². The van der Waals surface area contributed by atoms with Crippen molar-refractivity contribution in [3.05, 3.63) is 64.4 Å². The van der Waals surface area contributed by atoms with Gasteiger partial charge in [-0.1, -0.05) is 30.3 Å². The summed E-state index contributed by atoms with van der Waals surface area (Å²) in [5, 5.41) is 6.19. The number of aliphatic imine (C=N–C) groups is 1. The molecular formula is C24H27ClFN9O3. The molecule has 200 valence electrons. The van der Waals surface area contributed by atoms with Crippen molar-refractivity contribution in [1.82, 2.24) is 25.5 Å². The van der Waals surface area contributed by atoms with Crippen molar-refractivity contribution in [3.8, 4) is 0 Å². The van der Waals surface area contributed by atoms with Gasteiger partial charge in [-0.3, -0.25) is 9.59 Å². The first-order valence-corrected chi connectivity index (χ1v) is 12.0. The minimum atomic E-state index is -0.733. The van der Waals surface area contributed by atoms with E-state index in [9.17, 15) is 14.0 Å². The highest BCUT2D eigenvalue weighted by molar-refractivity contribution is 6.31. The standard InChI is InChI=1S/C24H27ClFN9O3/c1-12(14-3-5-15(26)6-4-14)16(13(2)38-29)22(37)35-9-7-24(8-10-35)11-30-23(34-24)33-21(36)17-19(27)32-20(28)18(25)31-17/h3-6H,1,7-11,29H2,2H3,(H4,27,28,32)(H2,30,33,34,36)/b16-13+. The highest BCUT2D eigenvalue weighted by Crippen LogP contribution is 2.30. The summed E-state index contributed by atoms with van der Waals surface area (Å²) in [5.74, 6) is 4.13. The highest BCUT2D eigenvalue weighted by Gasteiger charge is 2.41. The third-order valence-electron chi connectivity index (χ3n) is 6.54. The van der Waals surface area contributed by atoms with Crippen LogP contribution < -0.4 is 28.0 Å². The molecule has 1 aromatic carbocycles. The second kappa shape index (κ2) is 10.6. The highest BCUT2D eigenvalue weighted by atomic mass is 35.5. The zero-order chi connectivity index (χ0) is 27.6. The number of allylic oxidation sites excluding steroid dienone is 1. The molecule has 0 atom stereocenters. The number of nitrogen functional groups attached to an aromatic ring is 2. The van der Waals surface area contributed by atoms with E-state index in [1.165, 1.54) is 24.3 Å². The minimum Gasteiger partial charge on any atom is -0.415 e. The molecule has 2 saturated heterocycles. The normalized spacial score (nSPS) is 18.0. The van der Waals surface area contributed by atoms with Crippen molar-refractivity contribution < 1.29 is 18.8 Å². The number of anilines is 2. The summed E-state index contributed by atoms with van der Waals surface area (Å²) in [6, 6.07) is 5.65. The summed E-state index contributed by atoms with van der Waals surface area (Å²) < 4.78 is 13.4. The maximum Gasteiger partial charge on any atom is 0.302 e. The number of guanidine groups is 1. The molecule has 0 bridgehead atoms. The molecule has 14 heteroatoms. The van der Waals surface area contributed by atoms with Crippen molar-refractivity contribution in [2.45, 2.75) is 25.3 Å². The number of nitrogens with two attached hydrogens (primary N) is 3. The Balaban J connectivity index is 1.44. The van der Waals surface area contributed by atoms with Gasteiger partial charge in [-0.25, -0.2) is 14.4 Å². The fourth-order valence-corrected chi connectivity index (χ4v) is 4.48. The van der Waals surface area contributed by atoms with E-state index < -0.39 is 17.3 Å². The molecule has 2 aromatic rings. The predicted molar refractivity (Wildman–Crippen MR) is 141 cm³/mol. The van der Waals surface area contributed by atoms with Gasteiger partial charge in [0.25, 0.3) is 5.91 Å². The van der Waals surface area contributed by atoms with Crippen molar-refractivity contribution in [2.24, 2.45) is 10.9 Å². The number of piperidine rings is 1. The van der Waals surface area contributed by atoms with Gasteiger partial charge in [-0.15, -0.1) is 0 Å². The third kappa shape index (κ3) is 5.38. The zero-order valence-corrected chi connectivity index (χ0v) is 21.3. The van der Waals surface area contributed by atoms with Crippen molar-refractivity contribution in [3.63, 3.8) is 0 Å². The van der Waals surface area contributed by atoms with Crippen molar-refractivity contribution >= 4 is 46.6 Å². The first-order chi connectivity index (χ1) is 18.0. The Bertz CT molecular complexity index is 1350. The van der Waals surface area contributed by atoms with E-state index in [4.69, 9.17) is 33.8 Å². The molecule has 0 unspecified atom stereocenters. The van der Waals surface area contributed by atoms with Gasteiger partial charge < -0.3 is 31.8 Å². The first kappa shape index (κ1) is 26.8. The molecule has 1 spiro atoms. The monoisotopic (exact) mass is 543 g/mol. The Labute approximate surface area is 222 Å². The minimum absolute atomic E-state index is 0.0850. The van der Waals surface area contributed by atoms with E-state index in [0.29, 0.717) is 43.6 Å². The average Bonchev–Trinajstić information content (AvgIpc) is 3.28. The van der Waals surface area contributed by atoms with Crippen LogP contribution in [0.1, 0.15) is 35.8 Å². The number of benzene rings is 1. The molecule has 38 heavy (non-hydrogen) atoms. The Morgan fingerprint density at radius 3 is 2.47 bits per heavy atom. The maximum absolute atomic E-state index is 13.5. The predicted octanol–water partition coefficient (Wildman–Crippen LogP) is 1.36. The molecule has 2 amide bonds. The van der Waals surface area contributed by atoms with E-state index in [1.807, 2.05) is 0 Å². The number of rotatable bonds is 5. The number of nitrogens with one attached hydrogen (secondary N) is 2. The zero-order valence-electron chi connectivity index (χ0n) is 20.6. The Morgan fingerprint density at radius 1 is 1.18 bits per heavy atom. The number of hydrogen-bond acceptors (Lipinski definition) is 8. The third-order valence-corrected chi connectivity index (χ3v) is 6.82. The van der Waals surface area contributed by atoms with Crippen LogP contribution in [-0.2, 0) is 9.63 Å². The quantitative estimate of drug-likeness (QED) is 0.159. The molecule has 12 nitrogen and oxygen atoms in total. The fourth-order valence-electron chi connectivity index (χ4n) is 4.36. The maximum atomic E-state index is 13.5. The molecule has 2 aliphatic heterocycles. The Morgan fingerprint density at radius 2 is 1.84 bits per heavy atom. The number of amides is 2. The van der Waals surface area contributed by atoms with Gasteiger partial charge >= 0.3 is 5.91 Å². The van der Waals surface area contributed by atoms with Gasteiger partial charge in [0.1, 0.15) is 11.6 Å². The second-order valence-corrected chi connectivity index (χ2v) is 9.34. The van der Waals surface area contributed by atoms with Crippen LogP contribution in [0, 0.1) is 5.82 Å². The van der Waals surface area contributed by atoms with E-state index >= 15 is 0 Å². The van der Waals surface area contributed by atoms with E-state index in [0.717, 1.165) is 0 Å². The SMILES string of the molecule is C=C(/C(C(=O)N1CCC2(CC1)CN/C(=N\C(=O)c1nc(Cl)c(N)nc1N)N2)=C(/C)ON)c1ccc(F)cc1. The van der Waals surface area contributed by atoms with Gasteiger partial charge in [0.15, 0.2) is 28.4 Å². The van der Waals surface area contributed by atoms with Crippen LogP contribution >= 0.6 is 11.6 Å². The number of carbonyl (C=O) groups excluding carboxylic acids is 2. The molecule has 2 aliphatic rings. The fraction of sp³-hybridized carbons (Fsp3) is 0.292. The Hall–Kier alpha value is -4.23. The van der Waals surface area contributed by atoms with Crippen LogP contribution in [0.25, 0.3) is 5.57 Å². The van der Waals surface area contributed by atoms with E-state index in [1.54, 1.807) is 11.8 Å².